The topological polar surface area (TPSA) is 62.5 Å². The van der Waals surface area contributed by atoms with Gasteiger partial charge in [0.2, 0.25) is 5.13 Å². The fourth-order valence-electron chi connectivity index (χ4n) is 3.55. The molecule has 0 spiro atoms. The summed E-state index contributed by atoms with van der Waals surface area (Å²) in [5.74, 6) is 0.932. The van der Waals surface area contributed by atoms with Crippen molar-refractivity contribution in [2.45, 2.75) is 38.0 Å². The second-order valence-electron chi connectivity index (χ2n) is 6.64. The highest BCUT2D eigenvalue weighted by Gasteiger charge is 2.27. The van der Waals surface area contributed by atoms with Crippen LogP contribution in [0.1, 0.15) is 53.6 Å². The van der Waals surface area contributed by atoms with Gasteiger partial charge in [0.1, 0.15) is 5.01 Å². The minimum atomic E-state index is -0.0505. The number of rotatable bonds is 3. The number of piperazine rings is 1. The molecule has 0 atom stereocenters. The van der Waals surface area contributed by atoms with Crippen LogP contribution in [0.3, 0.4) is 0 Å². The van der Waals surface area contributed by atoms with Crippen molar-refractivity contribution in [3.05, 3.63) is 27.6 Å². The molecule has 6 nitrogen and oxygen atoms in total. The summed E-state index contributed by atoms with van der Waals surface area (Å²) < 4.78 is 5.95. The molecule has 4 rings (SSSR count). The molecule has 1 aliphatic heterocycles. The summed E-state index contributed by atoms with van der Waals surface area (Å²) in [7, 11) is 0. The average Bonchev–Trinajstić information content (AvgIpc) is 3.31. The van der Waals surface area contributed by atoms with Gasteiger partial charge < -0.3 is 14.2 Å². The van der Waals surface area contributed by atoms with E-state index in [1.54, 1.807) is 23.5 Å². The van der Waals surface area contributed by atoms with E-state index >= 15 is 0 Å². The van der Waals surface area contributed by atoms with Crippen molar-refractivity contribution in [3.63, 3.8) is 0 Å². The van der Waals surface area contributed by atoms with Crippen molar-refractivity contribution in [2.75, 3.05) is 31.1 Å². The van der Waals surface area contributed by atoms with Crippen molar-refractivity contribution < 1.29 is 9.21 Å². The molecule has 2 aromatic heterocycles. The summed E-state index contributed by atoms with van der Waals surface area (Å²) >= 11 is 4.97. The van der Waals surface area contributed by atoms with Crippen LogP contribution in [0.5, 0.6) is 0 Å². The van der Waals surface area contributed by atoms with Crippen LogP contribution in [-0.2, 0) is 0 Å². The Kier molecular flexibility index (Phi) is 5.08. The lowest BCUT2D eigenvalue weighted by molar-refractivity contribution is 0.0713. The third kappa shape index (κ3) is 3.74. The van der Waals surface area contributed by atoms with Gasteiger partial charge in [-0.25, -0.2) is 0 Å². The molecule has 0 aromatic carbocycles. The quantitative estimate of drug-likeness (QED) is 0.747. The van der Waals surface area contributed by atoms with Crippen LogP contribution in [-0.4, -0.2) is 47.2 Å². The molecule has 2 aromatic rings. The first kappa shape index (κ1) is 17.0. The molecule has 2 fully saturated rings. The zero-order valence-electron chi connectivity index (χ0n) is 14.0. The highest BCUT2D eigenvalue weighted by atomic mass is 79.9. The van der Waals surface area contributed by atoms with Gasteiger partial charge in [0.05, 0.1) is 0 Å². The van der Waals surface area contributed by atoms with Crippen LogP contribution < -0.4 is 4.90 Å². The van der Waals surface area contributed by atoms with Crippen LogP contribution >= 0.6 is 27.3 Å². The Balaban J connectivity index is 1.35. The Labute approximate surface area is 159 Å². The summed E-state index contributed by atoms with van der Waals surface area (Å²) in [5.41, 5.74) is 0. The summed E-state index contributed by atoms with van der Waals surface area (Å²) in [5, 5.41) is 11.0. The fourth-order valence-corrected chi connectivity index (χ4v) is 4.93. The minimum Gasteiger partial charge on any atom is -0.444 e. The lowest BCUT2D eigenvalue weighted by Crippen LogP contribution is -2.48. The van der Waals surface area contributed by atoms with E-state index < -0.39 is 0 Å². The normalized spacial score (nSPS) is 19.4. The molecule has 1 aliphatic carbocycles. The van der Waals surface area contributed by atoms with Crippen LogP contribution in [0.15, 0.2) is 21.2 Å². The zero-order chi connectivity index (χ0) is 17.2. The minimum absolute atomic E-state index is 0.0505. The number of amides is 1. The van der Waals surface area contributed by atoms with Gasteiger partial charge in [0.15, 0.2) is 10.4 Å². The van der Waals surface area contributed by atoms with Gasteiger partial charge in [-0.2, -0.15) is 0 Å². The van der Waals surface area contributed by atoms with E-state index in [-0.39, 0.29) is 5.91 Å². The van der Waals surface area contributed by atoms with Gasteiger partial charge >= 0.3 is 0 Å². The van der Waals surface area contributed by atoms with Gasteiger partial charge in [-0.3, -0.25) is 4.79 Å². The van der Waals surface area contributed by atoms with Gasteiger partial charge in [-0.05, 0) is 40.9 Å². The Morgan fingerprint density at radius 2 is 1.88 bits per heavy atom. The van der Waals surface area contributed by atoms with Gasteiger partial charge in [-0.15, -0.1) is 10.2 Å². The third-order valence-corrected chi connectivity index (χ3v) is 6.58. The van der Waals surface area contributed by atoms with E-state index in [1.165, 1.54) is 37.1 Å². The predicted molar refractivity (Wildman–Crippen MR) is 100 cm³/mol. The van der Waals surface area contributed by atoms with E-state index in [4.69, 9.17) is 4.42 Å². The summed E-state index contributed by atoms with van der Waals surface area (Å²) in [4.78, 5) is 16.5. The molecule has 0 N–H and O–H groups in total. The van der Waals surface area contributed by atoms with Crippen LogP contribution in [0.4, 0.5) is 5.13 Å². The largest absolute Gasteiger partial charge is 0.444 e. The monoisotopic (exact) mass is 424 g/mol. The molecule has 3 heterocycles. The number of hydrogen-bond donors (Lipinski definition) is 0. The summed E-state index contributed by atoms with van der Waals surface area (Å²) in [6.45, 7) is 2.92. The number of hydrogen-bond acceptors (Lipinski definition) is 6. The average molecular weight is 425 g/mol. The van der Waals surface area contributed by atoms with Crippen molar-refractivity contribution in [2.24, 2.45) is 0 Å². The molecule has 0 bridgehead atoms. The number of nitrogens with zero attached hydrogens (tertiary/aromatic N) is 4. The second-order valence-corrected chi connectivity index (χ2v) is 8.41. The first-order valence-corrected chi connectivity index (χ1v) is 10.4. The number of carbonyl (C=O) groups excluding carboxylic acids is 1. The Morgan fingerprint density at radius 3 is 2.56 bits per heavy atom. The number of carbonyl (C=O) groups is 1. The molecule has 0 unspecified atom stereocenters. The zero-order valence-corrected chi connectivity index (χ0v) is 16.4. The lowest BCUT2D eigenvalue weighted by atomic mass is 9.90. The molecular weight excluding hydrogens is 404 g/mol. The van der Waals surface area contributed by atoms with Crippen LogP contribution in [0.25, 0.3) is 0 Å². The Hall–Kier alpha value is -1.41. The van der Waals surface area contributed by atoms with E-state index in [0.29, 0.717) is 29.4 Å². The molecule has 0 radical (unpaired) electrons. The molecule has 1 saturated heterocycles. The maximum atomic E-state index is 12.4. The van der Waals surface area contributed by atoms with Crippen LogP contribution in [0.2, 0.25) is 0 Å². The SMILES string of the molecule is O=C(c1ccc(Br)o1)N1CCN(c2nnc(C3CCCCC3)s2)CC1. The predicted octanol–water partition coefficient (Wildman–Crippen LogP) is 3.90. The second kappa shape index (κ2) is 7.45. The molecule has 8 heteroatoms. The highest BCUT2D eigenvalue weighted by Crippen LogP contribution is 2.36. The Bertz CT molecular complexity index is 733. The van der Waals surface area contributed by atoms with Gasteiger partial charge in [0.25, 0.3) is 5.91 Å². The van der Waals surface area contributed by atoms with Crippen molar-refractivity contribution in [1.29, 1.82) is 0 Å². The summed E-state index contributed by atoms with van der Waals surface area (Å²) in [6, 6.07) is 3.46. The lowest BCUT2D eigenvalue weighted by Gasteiger charge is -2.33. The maximum absolute atomic E-state index is 12.4. The van der Waals surface area contributed by atoms with Crippen molar-refractivity contribution in [1.82, 2.24) is 15.1 Å². The first-order chi connectivity index (χ1) is 12.2. The molecule has 1 saturated carbocycles. The molecule has 134 valence electrons. The smallest absolute Gasteiger partial charge is 0.289 e. The van der Waals surface area contributed by atoms with Crippen molar-refractivity contribution in [3.8, 4) is 0 Å². The number of halogens is 1. The van der Waals surface area contributed by atoms with Crippen molar-refractivity contribution >= 4 is 38.3 Å². The number of furan rings is 1. The number of aromatic nitrogens is 2. The molecule has 2 aliphatic rings. The van der Waals surface area contributed by atoms with Gasteiger partial charge in [-0.1, -0.05) is 30.6 Å². The molecule has 25 heavy (non-hydrogen) atoms. The maximum Gasteiger partial charge on any atom is 0.289 e. The standard InChI is InChI=1S/C17H21BrN4O2S/c18-14-7-6-13(24-14)16(23)21-8-10-22(11-9-21)17-20-19-15(25-17)12-4-2-1-3-5-12/h6-7,12H,1-5,8-11H2. The summed E-state index contributed by atoms with van der Waals surface area (Å²) in [6.07, 6.45) is 6.46. The van der Waals surface area contributed by atoms with E-state index in [0.717, 1.165) is 18.2 Å². The Morgan fingerprint density at radius 1 is 1.12 bits per heavy atom. The molecular formula is C17H21BrN4O2S. The third-order valence-electron chi connectivity index (χ3n) is 5.01. The van der Waals surface area contributed by atoms with E-state index in [9.17, 15) is 4.79 Å². The first-order valence-electron chi connectivity index (χ1n) is 8.83. The fraction of sp³-hybridized carbons (Fsp3) is 0.588. The van der Waals surface area contributed by atoms with Crippen LogP contribution in [0, 0.1) is 0 Å². The number of anilines is 1. The van der Waals surface area contributed by atoms with E-state index in [1.807, 2.05) is 4.90 Å². The van der Waals surface area contributed by atoms with Gasteiger partial charge in [0, 0.05) is 32.1 Å². The molecule has 1 amide bonds. The highest BCUT2D eigenvalue weighted by molar-refractivity contribution is 9.10. The van der Waals surface area contributed by atoms with E-state index in [2.05, 4.69) is 31.0 Å².